The maximum absolute atomic E-state index is 13.5. The molecule has 1 aromatic heterocycles. The minimum absolute atomic E-state index is 0.0966. The second-order valence-corrected chi connectivity index (χ2v) is 8.59. The summed E-state index contributed by atoms with van der Waals surface area (Å²) in [4.78, 5) is 22.3. The van der Waals surface area contributed by atoms with E-state index in [1.165, 1.54) is 0 Å². The molecule has 7 heteroatoms. The van der Waals surface area contributed by atoms with Crippen LogP contribution in [0.25, 0.3) is 0 Å². The fourth-order valence-electron chi connectivity index (χ4n) is 4.98. The summed E-state index contributed by atoms with van der Waals surface area (Å²) < 4.78 is 1.86. The zero-order valence-corrected chi connectivity index (χ0v) is 18.4. The maximum Gasteiger partial charge on any atom is 0.267 e. The Labute approximate surface area is 192 Å². The van der Waals surface area contributed by atoms with Crippen LogP contribution in [0.2, 0.25) is 0 Å². The summed E-state index contributed by atoms with van der Waals surface area (Å²) in [7, 11) is 1.80. The van der Waals surface area contributed by atoms with Crippen molar-refractivity contribution >= 4 is 29.2 Å². The summed E-state index contributed by atoms with van der Waals surface area (Å²) in [5, 5.41) is 8.19. The molecule has 1 N–H and O–H groups in total. The fraction of sp³-hybridized carbons (Fsp3) is 0.269. The molecular formula is C26H24N6O. The lowest BCUT2D eigenvalue weighted by Gasteiger charge is -2.35. The van der Waals surface area contributed by atoms with Crippen LogP contribution in [-0.2, 0) is 6.54 Å². The number of aromatic nitrogens is 2. The quantitative estimate of drug-likeness (QED) is 0.634. The molecule has 1 aliphatic carbocycles. The second kappa shape index (κ2) is 7.82. The number of hydrogen-bond acceptors (Lipinski definition) is 5. The second-order valence-electron chi connectivity index (χ2n) is 8.59. The van der Waals surface area contributed by atoms with E-state index in [0.29, 0.717) is 17.9 Å². The van der Waals surface area contributed by atoms with Crippen molar-refractivity contribution in [2.45, 2.75) is 37.9 Å². The number of rotatable bonds is 3. The largest absolute Gasteiger partial charge is 0.338 e. The van der Waals surface area contributed by atoms with E-state index in [9.17, 15) is 4.79 Å². The van der Waals surface area contributed by atoms with Crippen LogP contribution in [-0.4, -0.2) is 45.7 Å². The van der Waals surface area contributed by atoms with Gasteiger partial charge in [-0.1, -0.05) is 48.2 Å². The molecule has 1 saturated carbocycles. The maximum atomic E-state index is 13.5. The van der Waals surface area contributed by atoms with Gasteiger partial charge in [0, 0.05) is 18.3 Å². The lowest BCUT2D eigenvalue weighted by atomic mass is 10.1. The number of nitrogens with one attached hydrogen (secondary N) is 1. The van der Waals surface area contributed by atoms with Gasteiger partial charge in [-0.2, -0.15) is 5.10 Å². The van der Waals surface area contributed by atoms with Crippen LogP contribution in [0.5, 0.6) is 0 Å². The van der Waals surface area contributed by atoms with Crippen LogP contribution < -0.4 is 10.2 Å². The number of nitrogens with zero attached hydrogens (tertiary/aromatic N) is 5. The summed E-state index contributed by atoms with van der Waals surface area (Å²) >= 11 is 0. The number of para-hydroxylation sites is 1. The molecule has 6 rings (SSSR count). The summed E-state index contributed by atoms with van der Waals surface area (Å²) in [6.07, 6.45) is 3.26. The molecule has 1 amide bonds. The van der Waals surface area contributed by atoms with E-state index in [1.807, 2.05) is 65.3 Å². The number of fused-ring (bicyclic) bond motifs is 5. The molecule has 0 spiro atoms. The van der Waals surface area contributed by atoms with Crippen molar-refractivity contribution in [3.8, 4) is 11.8 Å². The highest BCUT2D eigenvalue weighted by atomic mass is 16.2. The molecule has 3 heterocycles. The molecule has 1 fully saturated rings. The number of aliphatic imine (C=N–C) groups is 1. The van der Waals surface area contributed by atoms with Gasteiger partial charge in [0.15, 0.2) is 5.82 Å². The Hall–Kier alpha value is -4.05. The minimum Gasteiger partial charge on any atom is -0.338 e. The molecule has 7 nitrogen and oxygen atoms in total. The van der Waals surface area contributed by atoms with Crippen LogP contribution in [0.1, 0.15) is 35.2 Å². The third-order valence-electron chi connectivity index (χ3n) is 6.52. The lowest BCUT2D eigenvalue weighted by Crippen LogP contribution is -2.51. The summed E-state index contributed by atoms with van der Waals surface area (Å²) in [6.45, 7) is 0.381. The van der Waals surface area contributed by atoms with E-state index in [1.54, 1.807) is 11.9 Å². The Kier molecular flexibility index (Phi) is 4.65. The predicted molar refractivity (Wildman–Crippen MR) is 129 cm³/mol. The third kappa shape index (κ3) is 3.26. The van der Waals surface area contributed by atoms with Crippen LogP contribution in [0.4, 0.5) is 17.3 Å². The Morgan fingerprint density at radius 3 is 2.61 bits per heavy atom. The minimum atomic E-state index is -0.0966. The molecule has 0 saturated heterocycles. The van der Waals surface area contributed by atoms with Crippen molar-refractivity contribution in [1.29, 1.82) is 0 Å². The zero-order valence-electron chi connectivity index (χ0n) is 18.4. The fourth-order valence-corrected chi connectivity index (χ4v) is 4.98. The monoisotopic (exact) mass is 436 g/mol. The van der Waals surface area contributed by atoms with E-state index in [-0.39, 0.29) is 18.0 Å². The average molecular weight is 437 g/mol. The normalized spacial score (nSPS) is 20.5. The number of guanidine groups is 1. The number of carbonyl (C=O) groups is 1. The Bertz CT molecular complexity index is 1300. The highest BCUT2D eigenvalue weighted by Crippen LogP contribution is 2.43. The van der Waals surface area contributed by atoms with Gasteiger partial charge < -0.3 is 5.32 Å². The van der Waals surface area contributed by atoms with Gasteiger partial charge in [-0.3, -0.25) is 14.6 Å². The van der Waals surface area contributed by atoms with E-state index in [4.69, 9.17) is 10.1 Å². The van der Waals surface area contributed by atoms with Gasteiger partial charge in [0.1, 0.15) is 17.9 Å². The van der Waals surface area contributed by atoms with Gasteiger partial charge in [0.2, 0.25) is 5.96 Å². The number of benzene rings is 2. The number of amides is 1. The summed E-state index contributed by atoms with van der Waals surface area (Å²) in [5.41, 5.74) is 2.42. The first-order valence-electron chi connectivity index (χ1n) is 11.3. The van der Waals surface area contributed by atoms with Crippen molar-refractivity contribution in [2.75, 3.05) is 17.3 Å². The van der Waals surface area contributed by atoms with E-state index in [0.717, 1.165) is 42.3 Å². The predicted octanol–water partition coefficient (Wildman–Crippen LogP) is 3.86. The first kappa shape index (κ1) is 19.6. The smallest absolute Gasteiger partial charge is 0.267 e. The van der Waals surface area contributed by atoms with Gasteiger partial charge >= 0.3 is 0 Å². The third-order valence-corrected chi connectivity index (χ3v) is 6.52. The Morgan fingerprint density at radius 1 is 1.06 bits per heavy atom. The molecule has 2 aromatic carbocycles. The Morgan fingerprint density at radius 2 is 1.82 bits per heavy atom. The number of hydrogen-bond donors (Lipinski definition) is 1. The first-order valence-corrected chi connectivity index (χ1v) is 11.3. The van der Waals surface area contributed by atoms with Gasteiger partial charge in [0.25, 0.3) is 5.91 Å². The first-order chi connectivity index (χ1) is 16.2. The molecular weight excluding hydrogens is 412 g/mol. The summed E-state index contributed by atoms with van der Waals surface area (Å²) in [5.74, 6) is 8.43. The average Bonchev–Trinajstić information content (AvgIpc) is 3.52. The lowest BCUT2D eigenvalue weighted by molar-refractivity contribution is 0.0865. The topological polar surface area (TPSA) is 65.8 Å². The van der Waals surface area contributed by atoms with Crippen molar-refractivity contribution < 1.29 is 4.79 Å². The van der Waals surface area contributed by atoms with Gasteiger partial charge in [-0.25, -0.2) is 9.67 Å². The van der Waals surface area contributed by atoms with E-state index in [2.05, 4.69) is 22.1 Å². The molecule has 3 aliphatic rings. The molecule has 0 bridgehead atoms. The van der Waals surface area contributed by atoms with Gasteiger partial charge in [-0.05, 0) is 43.5 Å². The summed E-state index contributed by atoms with van der Waals surface area (Å²) in [6, 6.07) is 20.2. The van der Waals surface area contributed by atoms with Crippen LogP contribution in [0.3, 0.4) is 0 Å². The standard InChI is InChI=1S/C26H24N6O/c1-30-25(33)22-23(27-19-13-6-3-7-14-19)29-31(17-9-12-18-10-4-2-5-11-18)24(22)32-21-16-8-15-20(21)28-26(30)32/h2-7,10-11,13-14,20-21H,8,15-17H2,1H3,(H,27,29)/t20-,21+/m1/s1. The highest BCUT2D eigenvalue weighted by molar-refractivity contribution is 6.21. The van der Waals surface area contributed by atoms with Gasteiger partial charge in [-0.15, -0.1) is 0 Å². The molecule has 164 valence electrons. The SMILES string of the molecule is CN1C(=O)c2c(Nc3ccccc3)nn(CC#Cc3ccccc3)c2N2C1=N[C@@H]1CCC[C@@H]12. The van der Waals surface area contributed by atoms with Crippen LogP contribution in [0.15, 0.2) is 65.7 Å². The number of anilines is 3. The van der Waals surface area contributed by atoms with Crippen molar-refractivity contribution in [2.24, 2.45) is 4.99 Å². The number of carbonyl (C=O) groups excluding carboxylic acids is 1. The van der Waals surface area contributed by atoms with Crippen LogP contribution in [0, 0.1) is 11.8 Å². The molecule has 2 aliphatic heterocycles. The van der Waals surface area contributed by atoms with Gasteiger partial charge in [0.05, 0.1) is 12.1 Å². The molecule has 0 radical (unpaired) electrons. The molecule has 33 heavy (non-hydrogen) atoms. The molecule has 0 unspecified atom stereocenters. The molecule has 3 aromatic rings. The van der Waals surface area contributed by atoms with E-state index >= 15 is 0 Å². The van der Waals surface area contributed by atoms with Crippen molar-refractivity contribution in [3.05, 3.63) is 71.8 Å². The molecule has 2 atom stereocenters. The van der Waals surface area contributed by atoms with E-state index < -0.39 is 0 Å². The van der Waals surface area contributed by atoms with Crippen molar-refractivity contribution in [1.82, 2.24) is 14.7 Å². The zero-order chi connectivity index (χ0) is 22.4. The van der Waals surface area contributed by atoms with Crippen LogP contribution >= 0.6 is 0 Å². The highest BCUT2D eigenvalue weighted by Gasteiger charge is 2.49. The Balaban J connectivity index is 1.45. The van der Waals surface area contributed by atoms with Crippen molar-refractivity contribution in [3.63, 3.8) is 0 Å².